The molecule has 6 nitrogen and oxygen atoms in total. The lowest BCUT2D eigenvalue weighted by atomic mass is 9.76. The number of hydrogen-bond donors (Lipinski definition) is 3. The first kappa shape index (κ1) is 25.9. The van der Waals surface area contributed by atoms with Crippen molar-refractivity contribution < 1.29 is 14.4 Å². The van der Waals surface area contributed by atoms with Crippen LogP contribution in [0.4, 0.5) is 17.1 Å². The maximum absolute atomic E-state index is 12.9. The van der Waals surface area contributed by atoms with Gasteiger partial charge in [0.05, 0.1) is 0 Å². The normalized spacial score (nSPS) is 19.4. The summed E-state index contributed by atoms with van der Waals surface area (Å²) in [6.45, 7) is 15.5. The minimum atomic E-state index is -0.566. The molecular weight excluding hydrogens is 402 g/mol. The molecule has 178 valence electrons. The van der Waals surface area contributed by atoms with Gasteiger partial charge in [0.1, 0.15) is 0 Å². The maximum atomic E-state index is 12.9. The number of amides is 3. The molecule has 1 saturated carbocycles. The second-order valence-corrected chi connectivity index (χ2v) is 11.6. The summed E-state index contributed by atoms with van der Waals surface area (Å²) in [4.78, 5) is 38.0. The van der Waals surface area contributed by atoms with Crippen molar-refractivity contribution >= 4 is 34.8 Å². The Morgan fingerprint density at radius 3 is 1.44 bits per heavy atom. The Balaban J connectivity index is 2.21. The number of carbonyl (C=O) groups is 3. The Bertz CT molecular complexity index is 793. The van der Waals surface area contributed by atoms with E-state index in [1.165, 1.54) is 0 Å². The van der Waals surface area contributed by atoms with Gasteiger partial charge in [0.25, 0.3) is 0 Å². The average molecular weight is 444 g/mol. The number of hydrogen-bond acceptors (Lipinski definition) is 3. The maximum Gasteiger partial charge on any atom is 0.229 e. The van der Waals surface area contributed by atoms with Gasteiger partial charge in [0.15, 0.2) is 0 Å². The van der Waals surface area contributed by atoms with Gasteiger partial charge in [-0.05, 0) is 55.7 Å². The van der Waals surface area contributed by atoms with Crippen LogP contribution in [0.15, 0.2) is 18.2 Å². The van der Waals surface area contributed by atoms with Crippen molar-refractivity contribution in [2.45, 2.75) is 81.1 Å². The fourth-order valence-electron chi connectivity index (χ4n) is 3.77. The molecule has 1 aromatic carbocycles. The van der Waals surface area contributed by atoms with E-state index in [4.69, 9.17) is 0 Å². The first-order valence-corrected chi connectivity index (χ1v) is 11.8. The van der Waals surface area contributed by atoms with E-state index in [-0.39, 0.29) is 23.6 Å². The molecule has 0 saturated heterocycles. The van der Waals surface area contributed by atoms with E-state index in [1.54, 1.807) is 18.2 Å². The van der Waals surface area contributed by atoms with Gasteiger partial charge < -0.3 is 16.0 Å². The molecule has 0 aliphatic heterocycles. The van der Waals surface area contributed by atoms with Crippen molar-refractivity contribution in [1.82, 2.24) is 0 Å². The molecule has 0 spiro atoms. The monoisotopic (exact) mass is 443 g/mol. The third kappa shape index (κ3) is 7.35. The molecule has 0 unspecified atom stereocenters. The Labute approximate surface area is 193 Å². The highest BCUT2D eigenvalue weighted by molar-refractivity contribution is 6.00. The van der Waals surface area contributed by atoms with Gasteiger partial charge in [-0.1, -0.05) is 55.4 Å². The van der Waals surface area contributed by atoms with E-state index in [0.29, 0.717) is 28.9 Å². The fourth-order valence-corrected chi connectivity index (χ4v) is 3.77. The van der Waals surface area contributed by atoms with Crippen LogP contribution >= 0.6 is 0 Å². The quantitative estimate of drug-likeness (QED) is 0.517. The molecule has 0 heterocycles. The van der Waals surface area contributed by atoms with Crippen LogP contribution in [0, 0.1) is 28.6 Å². The van der Waals surface area contributed by atoms with Gasteiger partial charge in [0.2, 0.25) is 17.7 Å². The van der Waals surface area contributed by atoms with Crippen LogP contribution in [0.2, 0.25) is 0 Å². The molecular formula is C26H41N3O3. The largest absolute Gasteiger partial charge is 0.326 e. The highest BCUT2D eigenvalue weighted by atomic mass is 16.2. The summed E-state index contributed by atoms with van der Waals surface area (Å²) in [6.07, 6.45) is 3.93. The van der Waals surface area contributed by atoms with E-state index >= 15 is 0 Å². The van der Waals surface area contributed by atoms with Gasteiger partial charge in [-0.2, -0.15) is 0 Å². The highest BCUT2D eigenvalue weighted by Crippen LogP contribution is 2.34. The first-order valence-electron chi connectivity index (χ1n) is 11.8. The summed E-state index contributed by atoms with van der Waals surface area (Å²) < 4.78 is 0. The smallest absolute Gasteiger partial charge is 0.229 e. The lowest BCUT2D eigenvalue weighted by Gasteiger charge is -2.30. The van der Waals surface area contributed by atoms with Crippen LogP contribution in [0.5, 0.6) is 0 Å². The Morgan fingerprint density at radius 1 is 0.719 bits per heavy atom. The molecule has 3 N–H and O–H groups in total. The number of anilines is 3. The zero-order valence-electron chi connectivity index (χ0n) is 21.0. The molecule has 0 aromatic heterocycles. The summed E-state index contributed by atoms with van der Waals surface area (Å²) in [5.41, 5.74) is 0.509. The van der Waals surface area contributed by atoms with Crippen molar-refractivity contribution in [1.29, 1.82) is 0 Å². The molecule has 1 fully saturated rings. The predicted octanol–water partition coefficient (Wildman–Crippen LogP) is 6.06. The minimum Gasteiger partial charge on any atom is -0.326 e. The lowest BCUT2D eigenvalue weighted by molar-refractivity contribution is -0.123. The van der Waals surface area contributed by atoms with Crippen LogP contribution in [0.1, 0.15) is 81.1 Å². The van der Waals surface area contributed by atoms with Crippen LogP contribution in [0.25, 0.3) is 0 Å². The number of benzene rings is 1. The second-order valence-electron chi connectivity index (χ2n) is 11.6. The number of rotatable bonds is 5. The molecule has 2 rings (SSSR count). The average Bonchev–Trinajstić information content (AvgIpc) is 2.66. The fraction of sp³-hybridized carbons (Fsp3) is 0.654. The zero-order valence-corrected chi connectivity index (χ0v) is 21.0. The Morgan fingerprint density at radius 2 is 1.09 bits per heavy atom. The number of carbonyl (C=O) groups excluding carboxylic acids is 3. The van der Waals surface area contributed by atoms with Crippen LogP contribution < -0.4 is 16.0 Å². The summed E-state index contributed by atoms with van der Waals surface area (Å²) in [5, 5.41) is 8.83. The zero-order chi connectivity index (χ0) is 24.3. The molecule has 1 aliphatic carbocycles. The molecule has 32 heavy (non-hydrogen) atoms. The lowest BCUT2D eigenvalue weighted by Crippen LogP contribution is -2.30. The van der Waals surface area contributed by atoms with E-state index < -0.39 is 10.8 Å². The van der Waals surface area contributed by atoms with Crippen LogP contribution in [-0.4, -0.2) is 17.7 Å². The van der Waals surface area contributed by atoms with Crippen molar-refractivity contribution in [3.05, 3.63) is 18.2 Å². The topological polar surface area (TPSA) is 87.3 Å². The van der Waals surface area contributed by atoms with E-state index in [2.05, 4.69) is 29.8 Å². The van der Waals surface area contributed by atoms with Gasteiger partial charge in [-0.25, -0.2) is 0 Å². The molecule has 1 aromatic rings. The Kier molecular flexibility index (Phi) is 8.13. The van der Waals surface area contributed by atoms with Gasteiger partial charge in [0, 0.05) is 33.8 Å². The van der Waals surface area contributed by atoms with Crippen molar-refractivity contribution in [2.75, 3.05) is 16.0 Å². The van der Waals surface area contributed by atoms with Gasteiger partial charge in [-0.15, -0.1) is 0 Å². The highest BCUT2D eigenvalue weighted by Gasteiger charge is 2.28. The van der Waals surface area contributed by atoms with Crippen molar-refractivity contribution in [2.24, 2.45) is 28.6 Å². The van der Waals surface area contributed by atoms with Gasteiger partial charge >= 0.3 is 0 Å². The molecule has 6 heteroatoms. The second kappa shape index (κ2) is 10.1. The van der Waals surface area contributed by atoms with Crippen molar-refractivity contribution in [3.8, 4) is 0 Å². The molecule has 3 amide bonds. The third-order valence-corrected chi connectivity index (χ3v) is 6.16. The predicted molar refractivity (Wildman–Crippen MR) is 132 cm³/mol. The summed E-state index contributed by atoms with van der Waals surface area (Å²) in [6, 6.07) is 5.21. The molecule has 0 radical (unpaired) electrons. The first-order chi connectivity index (χ1) is 14.7. The summed E-state index contributed by atoms with van der Waals surface area (Å²) in [7, 11) is 0. The third-order valence-electron chi connectivity index (χ3n) is 6.16. The molecule has 0 bridgehead atoms. The summed E-state index contributed by atoms with van der Waals surface area (Å²) >= 11 is 0. The summed E-state index contributed by atoms with van der Waals surface area (Å²) in [5.74, 6) is 1.05. The van der Waals surface area contributed by atoms with Crippen molar-refractivity contribution in [3.63, 3.8) is 0 Å². The van der Waals surface area contributed by atoms with E-state index in [0.717, 1.165) is 25.7 Å². The number of nitrogens with one attached hydrogen (secondary N) is 3. The van der Waals surface area contributed by atoms with E-state index in [9.17, 15) is 14.4 Å². The van der Waals surface area contributed by atoms with Crippen LogP contribution in [0.3, 0.4) is 0 Å². The SMILES string of the molecule is CC(C)[C@H]1CC[C@@H](C(=O)Nc2cc(NC(=O)C(C)(C)C)cc(NC(=O)C(C)(C)C)c2)CC1. The Hall–Kier alpha value is -2.37. The minimum absolute atomic E-state index is 0.000369. The molecule has 0 atom stereocenters. The van der Waals surface area contributed by atoms with E-state index in [1.807, 2.05) is 41.5 Å². The van der Waals surface area contributed by atoms with Gasteiger partial charge in [-0.3, -0.25) is 14.4 Å². The molecule has 1 aliphatic rings. The standard InChI is InChI=1S/C26H41N3O3/c1-16(2)17-9-11-18(12-10-17)22(30)27-19-13-20(28-23(31)25(3,4)5)15-21(14-19)29-24(32)26(6,7)8/h13-18H,9-12H2,1-8H3,(H,27,30)(H,28,31)(H,29,32)/t17-,18+. The van der Waals surface area contributed by atoms with Crippen LogP contribution in [-0.2, 0) is 14.4 Å².